The molecule has 6 N–H and O–H groups in total. The van der Waals surface area contributed by atoms with Gasteiger partial charge in [-0.15, -0.1) is 0 Å². The van der Waals surface area contributed by atoms with Crippen molar-refractivity contribution in [1.29, 1.82) is 0 Å². The molecule has 156 valence electrons. The van der Waals surface area contributed by atoms with Gasteiger partial charge in [0, 0.05) is 0 Å². The number of benzene rings is 2. The molecule has 1 saturated carbocycles. The van der Waals surface area contributed by atoms with Gasteiger partial charge in [-0.3, -0.25) is 0 Å². The molecule has 29 heavy (non-hydrogen) atoms. The van der Waals surface area contributed by atoms with Crippen LogP contribution in [0.15, 0.2) is 60.4 Å². The zero-order chi connectivity index (χ0) is 21.4. The molecule has 6 heteroatoms. The Hall–Kier alpha value is -2.22. The van der Waals surface area contributed by atoms with Gasteiger partial charge in [-0.05, 0) is 35.6 Å². The maximum Gasteiger partial charge on any atom is 0.160 e. The Bertz CT molecular complexity index is 878. The molecular weight excluding hydrogens is 372 g/mol. The highest BCUT2D eigenvalue weighted by atomic mass is 16.4. The third-order valence-electron chi connectivity index (χ3n) is 6.13. The van der Waals surface area contributed by atoms with Gasteiger partial charge in [0.05, 0.1) is 12.5 Å². The van der Waals surface area contributed by atoms with Crippen molar-refractivity contribution in [2.75, 3.05) is 6.61 Å². The van der Waals surface area contributed by atoms with E-state index in [2.05, 4.69) is 0 Å². The van der Waals surface area contributed by atoms with Crippen molar-refractivity contribution in [3.63, 3.8) is 0 Å². The number of allylic oxidation sites excluding steroid dienone is 1. The lowest BCUT2D eigenvalue weighted by Crippen LogP contribution is -2.80. The first-order chi connectivity index (χ1) is 13.7. The first kappa shape index (κ1) is 21.5. The Morgan fingerprint density at radius 2 is 1.62 bits per heavy atom. The summed E-state index contributed by atoms with van der Waals surface area (Å²) < 4.78 is 0. The molecule has 3 rings (SSSR count). The Labute approximate surface area is 170 Å². The molecule has 0 radical (unpaired) electrons. The van der Waals surface area contributed by atoms with Crippen LogP contribution in [-0.2, 0) is 6.42 Å². The van der Waals surface area contributed by atoms with Gasteiger partial charge in [0.15, 0.2) is 5.60 Å². The summed E-state index contributed by atoms with van der Waals surface area (Å²) in [5.74, 6) is -1.74. The minimum atomic E-state index is -2.24. The molecule has 0 spiro atoms. The van der Waals surface area contributed by atoms with Gasteiger partial charge in [-0.25, -0.2) is 0 Å². The number of aliphatic hydroxyl groups is 6. The highest BCUT2D eigenvalue weighted by molar-refractivity contribution is 5.68. The molecule has 1 aliphatic rings. The van der Waals surface area contributed by atoms with Crippen molar-refractivity contribution in [1.82, 2.24) is 0 Å². The molecule has 2 aromatic rings. The maximum atomic E-state index is 11.4. The summed E-state index contributed by atoms with van der Waals surface area (Å²) >= 11 is 0. The van der Waals surface area contributed by atoms with Crippen molar-refractivity contribution in [2.24, 2.45) is 0 Å². The number of aryl methyl sites for hydroxylation is 1. The molecule has 0 amide bonds. The van der Waals surface area contributed by atoms with E-state index in [0.29, 0.717) is 16.7 Å². The van der Waals surface area contributed by atoms with Crippen LogP contribution in [0.2, 0.25) is 0 Å². The molecule has 1 fully saturated rings. The van der Waals surface area contributed by atoms with Crippen molar-refractivity contribution < 1.29 is 30.6 Å². The number of hydrogen-bond acceptors (Lipinski definition) is 6. The van der Waals surface area contributed by atoms with Crippen LogP contribution in [0.5, 0.6) is 0 Å². The van der Waals surface area contributed by atoms with Crippen molar-refractivity contribution in [2.45, 2.75) is 49.6 Å². The fourth-order valence-corrected chi connectivity index (χ4v) is 4.30. The van der Waals surface area contributed by atoms with Gasteiger partial charge >= 0.3 is 0 Å². The first-order valence-corrected chi connectivity index (χ1v) is 9.69. The van der Waals surface area contributed by atoms with Crippen molar-refractivity contribution in [3.05, 3.63) is 77.0 Å². The second kappa shape index (κ2) is 7.89. The summed E-state index contributed by atoms with van der Waals surface area (Å²) in [6.45, 7) is 2.78. The molecule has 6 nitrogen and oxygen atoms in total. The molecule has 5 atom stereocenters. The molecule has 0 saturated heterocycles. The lowest BCUT2D eigenvalue weighted by Gasteiger charge is -2.62. The fourth-order valence-electron chi connectivity index (χ4n) is 4.30. The van der Waals surface area contributed by atoms with E-state index in [4.69, 9.17) is 0 Å². The van der Waals surface area contributed by atoms with Gasteiger partial charge in [0.25, 0.3) is 0 Å². The normalized spacial score (nSPS) is 31.0. The summed E-state index contributed by atoms with van der Waals surface area (Å²) in [6, 6.07) is 15.9. The number of aliphatic hydroxyl groups excluding tert-OH is 4. The van der Waals surface area contributed by atoms with E-state index < -0.39 is 41.7 Å². The molecule has 1 aliphatic carbocycles. The molecule has 0 bridgehead atoms. The Kier molecular flexibility index (Phi) is 5.85. The first-order valence-electron chi connectivity index (χ1n) is 9.69. The summed E-state index contributed by atoms with van der Waals surface area (Å²) in [5, 5.41) is 63.8. The lowest BCUT2D eigenvalue weighted by molar-refractivity contribution is -0.313. The zero-order valence-electron chi connectivity index (χ0n) is 16.5. The predicted molar refractivity (Wildman–Crippen MR) is 109 cm³/mol. The van der Waals surface area contributed by atoms with Crippen LogP contribution >= 0.6 is 0 Å². The average molecular weight is 400 g/mol. The van der Waals surface area contributed by atoms with E-state index in [0.717, 1.165) is 12.0 Å². The monoisotopic (exact) mass is 400 g/mol. The van der Waals surface area contributed by atoms with Crippen LogP contribution in [-0.4, -0.2) is 60.7 Å². The maximum absolute atomic E-state index is 11.4. The fraction of sp³-hybridized carbons (Fsp3) is 0.391. The Morgan fingerprint density at radius 1 is 1.03 bits per heavy atom. The largest absolute Gasteiger partial charge is 0.509 e. The van der Waals surface area contributed by atoms with E-state index in [9.17, 15) is 30.6 Å². The third-order valence-corrected chi connectivity index (χ3v) is 6.13. The SMILES string of the molecule is CCc1ccc(C2[C@@](O)([C@H](O)CO)[C@H](O)[C@@]2(O)C(O)=C(C)c2ccccc2)cc1. The predicted octanol–water partition coefficient (Wildman–Crippen LogP) is 1.51. The van der Waals surface area contributed by atoms with E-state index in [1.54, 1.807) is 43.3 Å². The second-order valence-electron chi connectivity index (χ2n) is 7.68. The topological polar surface area (TPSA) is 121 Å². The Morgan fingerprint density at radius 3 is 2.14 bits per heavy atom. The van der Waals surface area contributed by atoms with E-state index >= 15 is 0 Å². The molecule has 0 heterocycles. The molecule has 0 aromatic heterocycles. The van der Waals surface area contributed by atoms with Crippen LogP contribution in [0.4, 0.5) is 0 Å². The van der Waals surface area contributed by atoms with Gasteiger partial charge < -0.3 is 30.6 Å². The summed E-state index contributed by atoms with van der Waals surface area (Å²) in [7, 11) is 0. The average Bonchev–Trinajstić information content (AvgIpc) is 2.77. The van der Waals surface area contributed by atoms with Crippen LogP contribution in [0.1, 0.15) is 36.5 Å². The summed E-state index contributed by atoms with van der Waals surface area (Å²) in [6.07, 6.45) is -2.83. The molecule has 0 aliphatic heterocycles. The third kappa shape index (κ3) is 3.17. The van der Waals surface area contributed by atoms with Crippen LogP contribution < -0.4 is 0 Å². The van der Waals surface area contributed by atoms with Gasteiger partial charge in [-0.1, -0.05) is 61.5 Å². The van der Waals surface area contributed by atoms with E-state index in [1.807, 2.05) is 25.1 Å². The van der Waals surface area contributed by atoms with Gasteiger partial charge in [-0.2, -0.15) is 0 Å². The molecule has 1 unspecified atom stereocenters. The van der Waals surface area contributed by atoms with Gasteiger partial charge in [0.1, 0.15) is 23.6 Å². The van der Waals surface area contributed by atoms with Crippen LogP contribution in [0.3, 0.4) is 0 Å². The Balaban J connectivity index is 2.14. The standard InChI is InChI=1S/C23H28O6/c1-3-15-9-11-17(12-10-15)19-22(28,18(25)13-24)21(27)23(19,29)20(26)14(2)16-7-5-4-6-8-16/h4-12,18-19,21,24-29H,3,13H2,1-2H3/t18-,19?,21+,22+,23+/m1/s1. The summed E-state index contributed by atoms with van der Waals surface area (Å²) in [4.78, 5) is 0. The van der Waals surface area contributed by atoms with Crippen molar-refractivity contribution >= 4 is 5.57 Å². The molecular formula is C23H28O6. The van der Waals surface area contributed by atoms with E-state index in [-0.39, 0.29) is 0 Å². The van der Waals surface area contributed by atoms with Gasteiger partial charge in [0.2, 0.25) is 0 Å². The van der Waals surface area contributed by atoms with Crippen molar-refractivity contribution in [3.8, 4) is 0 Å². The quantitative estimate of drug-likeness (QED) is 0.409. The summed E-state index contributed by atoms with van der Waals surface area (Å²) in [5.41, 5.74) is -2.03. The number of hydrogen-bond donors (Lipinski definition) is 6. The zero-order valence-corrected chi connectivity index (χ0v) is 16.5. The smallest absolute Gasteiger partial charge is 0.160 e. The lowest BCUT2D eigenvalue weighted by atomic mass is 9.50. The van der Waals surface area contributed by atoms with E-state index in [1.165, 1.54) is 0 Å². The second-order valence-corrected chi connectivity index (χ2v) is 7.68. The minimum absolute atomic E-state index is 0.336. The minimum Gasteiger partial charge on any atom is -0.509 e. The van der Waals surface area contributed by atoms with Crippen LogP contribution in [0.25, 0.3) is 5.57 Å². The number of rotatable bonds is 6. The highest BCUT2D eigenvalue weighted by Gasteiger charge is 2.75. The van der Waals surface area contributed by atoms with Crippen LogP contribution in [0, 0.1) is 0 Å². The molecule has 2 aromatic carbocycles. The highest BCUT2D eigenvalue weighted by Crippen LogP contribution is 2.58.